The van der Waals surface area contributed by atoms with Gasteiger partial charge < -0.3 is 15.5 Å². The van der Waals surface area contributed by atoms with Gasteiger partial charge in [-0.1, -0.05) is 28.1 Å². The standard InChI is InChI=1S/C23H27BrF3N3O/c1-14-18(5-4-6-20(14)23(25,26)27)15(2)28-22(31)19-13-16(24)7-8-21(19)29-17-9-11-30(3)12-10-17/h4-8,13,15,17,29H,9-12H2,1-3H3,(H,28,31)/t15-/m1/s1. The van der Waals surface area contributed by atoms with Gasteiger partial charge in [0.15, 0.2) is 0 Å². The van der Waals surface area contributed by atoms with Gasteiger partial charge in [0.1, 0.15) is 0 Å². The Labute approximate surface area is 189 Å². The van der Waals surface area contributed by atoms with E-state index in [0.29, 0.717) is 11.1 Å². The van der Waals surface area contributed by atoms with Crippen LogP contribution in [0.1, 0.15) is 52.9 Å². The number of likely N-dealkylation sites (tertiary alicyclic amines) is 1. The number of nitrogens with one attached hydrogen (secondary N) is 2. The average Bonchev–Trinajstić information content (AvgIpc) is 2.70. The Balaban J connectivity index is 1.80. The van der Waals surface area contributed by atoms with Gasteiger partial charge in [0.05, 0.1) is 17.2 Å². The fourth-order valence-electron chi connectivity index (χ4n) is 3.98. The first-order valence-corrected chi connectivity index (χ1v) is 11.1. The highest BCUT2D eigenvalue weighted by Gasteiger charge is 2.33. The minimum absolute atomic E-state index is 0.127. The lowest BCUT2D eigenvalue weighted by atomic mass is 9.97. The third-order valence-electron chi connectivity index (χ3n) is 5.80. The number of hydrogen-bond donors (Lipinski definition) is 2. The number of nitrogens with zero attached hydrogens (tertiary/aromatic N) is 1. The van der Waals surface area contributed by atoms with Gasteiger partial charge in [-0.25, -0.2) is 0 Å². The van der Waals surface area contributed by atoms with Crippen molar-refractivity contribution in [2.45, 2.75) is 44.9 Å². The predicted molar refractivity (Wildman–Crippen MR) is 120 cm³/mol. The summed E-state index contributed by atoms with van der Waals surface area (Å²) < 4.78 is 40.5. The van der Waals surface area contributed by atoms with Crippen molar-refractivity contribution in [3.63, 3.8) is 0 Å². The molecular weight excluding hydrogens is 471 g/mol. The molecule has 168 valence electrons. The first kappa shape index (κ1) is 23.6. The van der Waals surface area contributed by atoms with Crippen molar-refractivity contribution < 1.29 is 18.0 Å². The highest BCUT2D eigenvalue weighted by molar-refractivity contribution is 9.10. The maximum Gasteiger partial charge on any atom is 0.416 e. The topological polar surface area (TPSA) is 44.4 Å². The first-order chi connectivity index (χ1) is 14.6. The van der Waals surface area contributed by atoms with E-state index in [4.69, 9.17) is 0 Å². The molecule has 1 aliphatic heterocycles. The Morgan fingerprint density at radius 1 is 1.19 bits per heavy atom. The summed E-state index contributed by atoms with van der Waals surface area (Å²) in [5, 5.41) is 6.34. The van der Waals surface area contributed by atoms with Gasteiger partial charge >= 0.3 is 6.18 Å². The maximum atomic E-state index is 13.3. The second-order valence-corrected chi connectivity index (χ2v) is 9.04. The molecule has 31 heavy (non-hydrogen) atoms. The number of carbonyl (C=O) groups excluding carboxylic acids is 1. The molecule has 2 aromatic rings. The minimum atomic E-state index is -4.43. The molecular formula is C23H27BrF3N3O. The molecule has 0 unspecified atom stereocenters. The van der Waals surface area contributed by atoms with E-state index in [1.165, 1.54) is 13.0 Å². The maximum absolute atomic E-state index is 13.3. The van der Waals surface area contributed by atoms with Gasteiger partial charge in [0.2, 0.25) is 0 Å². The lowest BCUT2D eigenvalue weighted by molar-refractivity contribution is -0.138. The van der Waals surface area contributed by atoms with E-state index < -0.39 is 17.8 Å². The van der Waals surface area contributed by atoms with E-state index in [0.717, 1.165) is 42.2 Å². The molecule has 4 nitrogen and oxygen atoms in total. The van der Waals surface area contributed by atoms with Crippen LogP contribution in [0, 0.1) is 6.92 Å². The second-order valence-electron chi connectivity index (χ2n) is 8.12. The molecule has 1 amide bonds. The number of carbonyl (C=O) groups is 1. The molecule has 1 aliphatic rings. The normalized spacial score (nSPS) is 16.7. The van der Waals surface area contributed by atoms with E-state index >= 15 is 0 Å². The summed E-state index contributed by atoms with van der Waals surface area (Å²) in [5.74, 6) is -0.332. The Hall–Kier alpha value is -2.06. The second kappa shape index (κ2) is 9.61. The van der Waals surface area contributed by atoms with Crippen molar-refractivity contribution in [1.29, 1.82) is 0 Å². The highest BCUT2D eigenvalue weighted by atomic mass is 79.9. The molecule has 2 N–H and O–H groups in total. The average molecular weight is 498 g/mol. The Kier molecular flexibility index (Phi) is 7.31. The number of piperidine rings is 1. The van der Waals surface area contributed by atoms with Crippen LogP contribution in [0.25, 0.3) is 0 Å². The number of amides is 1. The quantitative estimate of drug-likeness (QED) is 0.550. The van der Waals surface area contributed by atoms with Gasteiger partial charge in [0, 0.05) is 16.2 Å². The molecule has 0 saturated carbocycles. The molecule has 1 heterocycles. The van der Waals surface area contributed by atoms with Gasteiger partial charge in [-0.3, -0.25) is 4.79 Å². The van der Waals surface area contributed by atoms with Crippen LogP contribution in [-0.2, 0) is 6.18 Å². The molecule has 0 spiro atoms. The smallest absolute Gasteiger partial charge is 0.382 e. The minimum Gasteiger partial charge on any atom is -0.382 e. The third kappa shape index (κ3) is 5.80. The van der Waals surface area contributed by atoms with Crippen molar-refractivity contribution in [3.05, 3.63) is 63.1 Å². The predicted octanol–water partition coefficient (Wildman–Crippen LogP) is 5.77. The Morgan fingerprint density at radius 3 is 2.52 bits per heavy atom. The van der Waals surface area contributed by atoms with Gasteiger partial charge in [-0.15, -0.1) is 0 Å². The van der Waals surface area contributed by atoms with Crippen molar-refractivity contribution in [2.75, 3.05) is 25.5 Å². The number of alkyl halides is 3. The lowest BCUT2D eigenvalue weighted by Gasteiger charge is -2.30. The van der Waals surface area contributed by atoms with Gasteiger partial charge in [0.25, 0.3) is 5.91 Å². The van der Waals surface area contributed by atoms with Crippen molar-refractivity contribution in [2.24, 2.45) is 0 Å². The fraction of sp³-hybridized carbons (Fsp3) is 0.435. The van der Waals surface area contributed by atoms with Crippen LogP contribution >= 0.6 is 15.9 Å². The summed E-state index contributed by atoms with van der Waals surface area (Å²) in [6.07, 6.45) is -2.47. The van der Waals surface area contributed by atoms with Crippen LogP contribution in [0.2, 0.25) is 0 Å². The molecule has 1 atom stereocenters. The number of rotatable bonds is 5. The molecule has 8 heteroatoms. The van der Waals surface area contributed by atoms with Crippen LogP contribution in [0.4, 0.5) is 18.9 Å². The zero-order valence-electron chi connectivity index (χ0n) is 17.8. The molecule has 0 aliphatic carbocycles. The summed E-state index contributed by atoms with van der Waals surface area (Å²) in [5.41, 5.74) is 1.08. The van der Waals surface area contributed by atoms with Crippen LogP contribution in [0.5, 0.6) is 0 Å². The Morgan fingerprint density at radius 2 is 1.87 bits per heavy atom. The molecule has 2 aromatic carbocycles. The monoisotopic (exact) mass is 497 g/mol. The molecule has 3 rings (SSSR count). The zero-order valence-corrected chi connectivity index (χ0v) is 19.4. The fourth-order valence-corrected chi connectivity index (χ4v) is 4.35. The molecule has 0 bridgehead atoms. The molecule has 0 radical (unpaired) electrons. The number of benzene rings is 2. The van der Waals surface area contributed by atoms with Crippen molar-refractivity contribution >= 4 is 27.5 Å². The molecule has 1 saturated heterocycles. The number of halogens is 4. The van der Waals surface area contributed by atoms with E-state index in [9.17, 15) is 18.0 Å². The van der Waals surface area contributed by atoms with Crippen LogP contribution in [-0.4, -0.2) is 37.0 Å². The van der Waals surface area contributed by atoms with Crippen LogP contribution < -0.4 is 10.6 Å². The molecule has 1 fully saturated rings. The SMILES string of the molecule is Cc1c([C@@H](C)NC(=O)c2cc(Br)ccc2NC2CCN(C)CC2)cccc1C(F)(F)F. The van der Waals surface area contributed by atoms with Crippen molar-refractivity contribution in [3.8, 4) is 0 Å². The van der Waals surface area contributed by atoms with E-state index in [1.54, 1.807) is 19.1 Å². The zero-order chi connectivity index (χ0) is 22.8. The summed E-state index contributed by atoms with van der Waals surface area (Å²) in [4.78, 5) is 15.4. The summed E-state index contributed by atoms with van der Waals surface area (Å²) in [6.45, 7) is 5.11. The highest BCUT2D eigenvalue weighted by Crippen LogP contribution is 2.34. The summed E-state index contributed by atoms with van der Waals surface area (Å²) >= 11 is 3.41. The summed E-state index contributed by atoms with van der Waals surface area (Å²) in [6, 6.07) is 9.21. The first-order valence-electron chi connectivity index (χ1n) is 10.3. The van der Waals surface area contributed by atoms with Gasteiger partial charge in [-0.2, -0.15) is 13.2 Å². The Bertz CT molecular complexity index is 940. The van der Waals surface area contributed by atoms with Crippen LogP contribution in [0.3, 0.4) is 0 Å². The largest absolute Gasteiger partial charge is 0.416 e. The summed E-state index contributed by atoms with van der Waals surface area (Å²) in [7, 11) is 2.09. The van der Waals surface area contributed by atoms with E-state index in [2.05, 4.69) is 38.5 Å². The number of anilines is 1. The van der Waals surface area contributed by atoms with Gasteiger partial charge in [-0.05, 0) is 82.2 Å². The lowest BCUT2D eigenvalue weighted by Crippen LogP contribution is -2.37. The number of hydrogen-bond acceptors (Lipinski definition) is 3. The third-order valence-corrected chi connectivity index (χ3v) is 6.29. The van der Waals surface area contributed by atoms with E-state index in [-0.39, 0.29) is 17.5 Å². The van der Waals surface area contributed by atoms with Crippen LogP contribution in [0.15, 0.2) is 40.9 Å². The molecule has 0 aromatic heterocycles. The van der Waals surface area contributed by atoms with E-state index in [1.807, 2.05) is 12.1 Å². The van der Waals surface area contributed by atoms with Crippen molar-refractivity contribution in [1.82, 2.24) is 10.2 Å².